The number of ketones is 1. The molecule has 0 bridgehead atoms. The summed E-state index contributed by atoms with van der Waals surface area (Å²) in [5.74, 6) is -4.12. The third-order valence-electron chi connectivity index (χ3n) is 8.86. The molecule has 0 radical (unpaired) electrons. The maximum atomic E-state index is 14.1. The van der Waals surface area contributed by atoms with Crippen LogP contribution in [0.1, 0.15) is 47.1 Å². The van der Waals surface area contributed by atoms with Crippen LogP contribution in [-0.4, -0.2) is 35.4 Å². The zero-order valence-corrected chi connectivity index (χ0v) is 26.8. The van der Waals surface area contributed by atoms with Gasteiger partial charge in [-0.15, -0.1) is 0 Å². The van der Waals surface area contributed by atoms with Gasteiger partial charge in [-0.3, -0.25) is 14.4 Å². The molecule has 4 aromatic rings. The SMILES string of the molecule is COc1cc(C2C(C(=O)Nc3ccccc3C)C(=O)CC(C)(O)C2C(=O)Nc2ccccc2C)ccc1OCc1ccccc1C. The second-order valence-electron chi connectivity index (χ2n) is 12.2. The molecule has 0 aliphatic heterocycles. The second-order valence-corrected chi connectivity index (χ2v) is 12.2. The zero-order valence-electron chi connectivity index (χ0n) is 26.8. The van der Waals surface area contributed by atoms with Crippen LogP contribution in [0.25, 0.3) is 0 Å². The van der Waals surface area contributed by atoms with Crippen molar-refractivity contribution < 1.29 is 29.0 Å². The number of aliphatic hydroxyl groups is 1. The molecule has 4 aromatic carbocycles. The highest BCUT2D eigenvalue weighted by atomic mass is 16.5. The molecule has 46 heavy (non-hydrogen) atoms. The molecule has 238 valence electrons. The van der Waals surface area contributed by atoms with Crippen molar-refractivity contribution in [2.75, 3.05) is 17.7 Å². The number of ether oxygens (including phenoxy) is 2. The van der Waals surface area contributed by atoms with E-state index in [2.05, 4.69) is 10.6 Å². The fourth-order valence-corrected chi connectivity index (χ4v) is 6.28. The number of anilines is 2. The van der Waals surface area contributed by atoms with Gasteiger partial charge in [-0.05, 0) is 79.8 Å². The Balaban J connectivity index is 1.57. The molecular weight excluding hydrogens is 580 g/mol. The van der Waals surface area contributed by atoms with Crippen LogP contribution in [0, 0.1) is 32.6 Å². The minimum absolute atomic E-state index is 0.307. The number of Topliss-reactive ketones (excluding diaryl/α,β-unsaturated/α-hetero) is 1. The van der Waals surface area contributed by atoms with Gasteiger partial charge in [0.1, 0.15) is 18.3 Å². The number of hydrogen-bond acceptors (Lipinski definition) is 6. The number of carbonyl (C=O) groups excluding carboxylic acids is 3. The monoisotopic (exact) mass is 620 g/mol. The molecule has 8 nitrogen and oxygen atoms in total. The van der Waals surface area contributed by atoms with Gasteiger partial charge in [0.25, 0.3) is 0 Å². The normalized spacial score (nSPS) is 20.9. The molecule has 1 saturated carbocycles. The van der Waals surface area contributed by atoms with E-state index in [0.29, 0.717) is 35.0 Å². The number of hydrogen-bond donors (Lipinski definition) is 3. The van der Waals surface area contributed by atoms with Crippen LogP contribution in [0.5, 0.6) is 11.5 Å². The topological polar surface area (TPSA) is 114 Å². The van der Waals surface area contributed by atoms with E-state index in [0.717, 1.165) is 22.3 Å². The van der Waals surface area contributed by atoms with Crippen molar-refractivity contribution in [1.29, 1.82) is 0 Å². The molecule has 5 rings (SSSR count). The number of methoxy groups -OCH3 is 1. The summed E-state index contributed by atoms with van der Waals surface area (Å²) in [6.45, 7) is 7.53. The van der Waals surface area contributed by atoms with Gasteiger partial charge < -0.3 is 25.2 Å². The van der Waals surface area contributed by atoms with Crippen LogP contribution in [0.2, 0.25) is 0 Å². The van der Waals surface area contributed by atoms with Gasteiger partial charge >= 0.3 is 0 Å². The molecule has 1 fully saturated rings. The Kier molecular flexibility index (Phi) is 9.58. The fourth-order valence-electron chi connectivity index (χ4n) is 6.28. The first-order chi connectivity index (χ1) is 22.0. The minimum Gasteiger partial charge on any atom is -0.493 e. The van der Waals surface area contributed by atoms with E-state index in [-0.39, 0.29) is 6.42 Å². The van der Waals surface area contributed by atoms with Crippen molar-refractivity contribution in [3.8, 4) is 11.5 Å². The van der Waals surface area contributed by atoms with Gasteiger partial charge in [-0.2, -0.15) is 0 Å². The summed E-state index contributed by atoms with van der Waals surface area (Å²) < 4.78 is 11.8. The van der Waals surface area contributed by atoms with E-state index >= 15 is 0 Å². The summed E-state index contributed by atoms with van der Waals surface area (Å²) in [5.41, 5.74) is 3.66. The van der Waals surface area contributed by atoms with E-state index in [1.807, 2.05) is 75.4 Å². The number of benzene rings is 4. The molecule has 0 spiro atoms. The lowest BCUT2D eigenvalue weighted by Crippen LogP contribution is -2.56. The summed E-state index contributed by atoms with van der Waals surface area (Å²) in [6.07, 6.45) is -0.365. The van der Waals surface area contributed by atoms with Gasteiger partial charge in [0, 0.05) is 23.7 Å². The summed E-state index contributed by atoms with van der Waals surface area (Å²) in [7, 11) is 1.51. The van der Waals surface area contributed by atoms with Crippen molar-refractivity contribution >= 4 is 29.0 Å². The smallest absolute Gasteiger partial charge is 0.235 e. The van der Waals surface area contributed by atoms with Crippen molar-refractivity contribution in [1.82, 2.24) is 0 Å². The molecule has 0 saturated heterocycles. The first-order valence-electron chi connectivity index (χ1n) is 15.3. The number of carbonyl (C=O) groups is 3. The minimum atomic E-state index is -1.75. The van der Waals surface area contributed by atoms with E-state index in [4.69, 9.17) is 9.47 Å². The summed E-state index contributed by atoms with van der Waals surface area (Å²) in [5, 5.41) is 17.6. The molecule has 4 unspecified atom stereocenters. The Morgan fingerprint density at radius 1 is 0.804 bits per heavy atom. The third-order valence-corrected chi connectivity index (χ3v) is 8.86. The molecule has 0 heterocycles. The summed E-state index contributed by atoms with van der Waals surface area (Å²) >= 11 is 0. The van der Waals surface area contributed by atoms with Gasteiger partial charge in [0.2, 0.25) is 11.8 Å². The average molecular weight is 621 g/mol. The van der Waals surface area contributed by atoms with Crippen LogP contribution in [-0.2, 0) is 21.0 Å². The quantitative estimate of drug-likeness (QED) is 0.184. The standard InChI is InChI=1S/C38H40N2O6/c1-23-12-6-9-15-27(23)22-46-31-19-18-26(20-32(31)45-5)33-34(36(42)39-28-16-10-7-13-24(28)2)30(41)21-38(4,44)35(33)37(43)40-29-17-11-8-14-25(29)3/h6-20,33-35,44H,21-22H2,1-5H3,(H,39,42)(H,40,43). The van der Waals surface area contributed by atoms with Crippen LogP contribution < -0.4 is 20.1 Å². The Bertz CT molecular complexity index is 1760. The highest BCUT2D eigenvalue weighted by Gasteiger charge is 2.56. The van der Waals surface area contributed by atoms with Gasteiger partial charge in [0.15, 0.2) is 11.5 Å². The van der Waals surface area contributed by atoms with Crippen LogP contribution >= 0.6 is 0 Å². The van der Waals surface area contributed by atoms with Crippen molar-refractivity contribution in [2.45, 2.75) is 52.2 Å². The van der Waals surface area contributed by atoms with Crippen molar-refractivity contribution in [3.63, 3.8) is 0 Å². The Labute approximate surface area is 269 Å². The van der Waals surface area contributed by atoms with Gasteiger partial charge in [-0.25, -0.2) is 0 Å². The van der Waals surface area contributed by atoms with Crippen LogP contribution in [0.3, 0.4) is 0 Å². The van der Waals surface area contributed by atoms with Gasteiger partial charge in [0.05, 0.1) is 18.6 Å². The predicted molar refractivity (Wildman–Crippen MR) is 178 cm³/mol. The molecular formula is C38H40N2O6. The van der Waals surface area contributed by atoms with E-state index in [9.17, 15) is 19.5 Å². The predicted octanol–water partition coefficient (Wildman–Crippen LogP) is 6.52. The largest absolute Gasteiger partial charge is 0.493 e. The zero-order chi connectivity index (χ0) is 33.0. The Hall–Kier alpha value is -4.95. The second kappa shape index (κ2) is 13.6. The summed E-state index contributed by atoms with van der Waals surface area (Å²) in [4.78, 5) is 42.0. The number of para-hydroxylation sites is 2. The third kappa shape index (κ3) is 6.82. The van der Waals surface area contributed by atoms with E-state index in [1.165, 1.54) is 14.0 Å². The number of amides is 2. The number of rotatable bonds is 9. The molecule has 2 amide bonds. The number of aryl methyl sites for hydroxylation is 3. The maximum absolute atomic E-state index is 14.1. The Morgan fingerprint density at radius 3 is 1.96 bits per heavy atom. The lowest BCUT2D eigenvalue weighted by molar-refractivity contribution is -0.150. The highest BCUT2D eigenvalue weighted by molar-refractivity contribution is 6.10. The Morgan fingerprint density at radius 2 is 1.37 bits per heavy atom. The van der Waals surface area contributed by atoms with Gasteiger partial charge in [-0.1, -0.05) is 66.7 Å². The highest BCUT2D eigenvalue weighted by Crippen LogP contribution is 2.48. The van der Waals surface area contributed by atoms with E-state index < -0.39 is 41.0 Å². The molecule has 1 aliphatic carbocycles. The molecule has 8 heteroatoms. The first kappa shape index (κ1) is 32.4. The lowest BCUT2D eigenvalue weighted by atomic mass is 9.61. The number of nitrogens with one attached hydrogen (secondary N) is 2. The van der Waals surface area contributed by atoms with Crippen LogP contribution in [0.4, 0.5) is 11.4 Å². The fraction of sp³-hybridized carbons (Fsp3) is 0.289. The van der Waals surface area contributed by atoms with E-state index in [1.54, 1.807) is 36.4 Å². The molecule has 4 atom stereocenters. The van der Waals surface area contributed by atoms with Crippen molar-refractivity contribution in [3.05, 3.63) is 119 Å². The maximum Gasteiger partial charge on any atom is 0.235 e. The van der Waals surface area contributed by atoms with Crippen LogP contribution in [0.15, 0.2) is 91.0 Å². The average Bonchev–Trinajstić information content (AvgIpc) is 3.02. The first-order valence-corrected chi connectivity index (χ1v) is 15.3. The molecule has 3 N–H and O–H groups in total. The summed E-state index contributed by atoms with van der Waals surface area (Å²) in [6, 6.07) is 27.6. The lowest BCUT2D eigenvalue weighted by Gasteiger charge is -2.44. The molecule has 1 aliphatic rings. The van der Waals surface area contributed by atoms with Crippen molar-refractivity contribution in [2.24, 2.45) is 11.8 Å². The molecule has 0 aromatic heterocycles.